The van der Waals surface area contributed by atoms with Gasteiger partial charge >= 0.3 is 0 Å². The van der Waals surface area contributed by atoms with Crippen LogP contribution in [0, 0.1) is 5.92 Å². The lowest BCUT2D eigenvalue weighted by molar-refractivity contribution is -0.158. The van der Waals surface area contributed by atoms with Crippen LogP contribution in [0.15, 0.2) is 24.3 Å². The van der Waals surface area contributed by atoms with Crippen LogP contribution in [0.1, 0.15) is 50.2 Å². The molecule has 2 fully saturated rings. The Kier molecular flexibility index (Phi) is 3.86. The predicted molar refractivity (Wildman–Crippen MR) is 92.4 cm³/mol. The van der Waals surface area contributed by atoms with E-state index >= 15 is 0 Å². The number of hydrogen-bond acceptors (Lipinski definition) is 2. The Morgan fingerprint density at radius 2 is 1.92 bits per heavy atom. The smallest absolute Gasteiger partial charge is 0.242 e. The highest BCUT2D eigenvalue weighted by molar-refractivity contribution is 5.88. The van der Waals surface area contributed by atoms with Gasteiger partial charge in [-0.3, -0.25) is 9.59 Å². The average Bonchev–Trinajstić information content (AvgIpc) is 2.61. The third-order valence-electron chi connectivity index (χ3n) is 6.19. The summed E-state index contributed by atoms with van der Waals surface area (Å²) >= 11 is 0. The summed E-state index contributed by atoms with van der Waals surface area (Å²) < 4.78 is 0. The van der Waals surface area contributed by atoms with Gasteiger partial charge < -0.3 is 9.80 Å². The van der Waals surface area contributed by atoms with Crippen LogP contribution in [0.25, 0.3) is 0 Å². The molecule has 128 valence electrons. The zero-order valence-electron chi connectivity index (χ0n) is 14.5. The highest BCUT2D eigenvalue weighted by Crippen LogP contribution is 2.39. The second kappa shape index (κ2) is 5.91. The normalized spacial score (nSPS) is 27.6. The minimum absolute atomic E-state index is 0.0995. The highest BCUT2D eigenvalue weighted by atomic mass is 16.2. The van der Waals surface area contributed by atoms with E-state index in [1.54, 1.807) is 0 Å². The summed E-state index contributed by atoms with van der Waals surface area (Å²) in [6, 6.07) is 8.39. The maximum atomic E-state index is 13.0. The van der Waals surface area contributed by atoms with E-state index in [9.17, 15) is 9.59 Å². The van der Waals surface area contributed by atoms with Gasteiger partial charge in [-0.2, -0.15) is 0 Å². The van der Waals surface area contributed by atoms with Crippen LogP contribution in [-0.2, 0) is 21.5 Å². The molecule has 1 atom stereocenters. The molecule has 1 aromatic rings. The van der Waals surface area contributed by atoms with Crippen molar-refractivity contribution in [1.82, 2.24) is 9.80 Å². The number of nitrogens with zero attached hydrogens (tertiary/aromatic N) is 2. The maximum Gasteiger partial charge on any atom is 0.242 e. The second-order valence-corrected chi connectivity index (χ2v) is 7.76. The van der Waals surface area contributed by atoms with E-state index in [0.717, 1.165) is 38.6 Å². The molecule has 0 radical (unpaired) electrons. The first-order valence-corrected chi connectivity index (χ1v) is 9.27. The van der Waals surface area contributed by atoms with Crippen molar-refractivity contribution in [3.05, 3.63) is 35.4 Å². The molecule has 4 nitrogen and oxygen atoms in total. The summed E-state index contributed by atoms with van der Waals surface area (Å²) in [5.74, 6) is 0.426. The Hall–Kier alpha value is -1.84. The summed E-state index contributed by atoms with van der Waals surface area (Å²) in [5, 5.41) is 0. The van der Waals surface area contributed by atoms with E-state index in [-0.39, 0.29) is 29.8 Å². The SMILES string of the molecule is C[C@@]12CN(C(=O)C3CCCCC3)CC(=O)N1CCc1ccccc12. The standard InChI is InChI=1S/C20H26N2O2/c1-20-14-21(19(24)16-8-3-2-4-9-16)13-18(23)22(20)12-11-15-7-5-6-10-17(15)20/h5-7,10,16H,2-4,8-9,11-14H2,1H3/t20-/m0/s1. The number of fused-ring (bicyclic) bond motifs is 3. The topological polar surface area (TPSA) is 40.6 Å². The van der Waals surface area contributed by atoms with Gasteiger partial charge in [0.2, 0.25) is 11.8 Å². The van der Waals surface area contributed by atoms with Gasteiger partial charge in [-0.1, -0.05) is 43.5 Å². The minimum atomic E-state index is -0.380. The van der Waals surface area contributed by atoms with Crippen molar-refractivity contribution >= 4 is 11.8 Å². The number of carbonyl (C=O) groups excluding carboxylic acids is 2. The van der Waals surface area contributed by atoms with E-state index in [1.165, 1.54) is 17.5 Å². The van der Waals surface area contributed by atoms with Crippen molar-refractivity contribution in [3.8, 4) is 0 Å². The summed E-state index contributed by atoms with van der Waals surface area (Å²) in [5.41, 5.74) is 2.15. The second-order valence-electron chi connectivity index (χ2n) is 7.76. The zero-order chi connectivity index (χ0) is 16.7. The number of carbonyl (C=O) groups is 2. The van der Waals surface area contributed by atoms with Crippen molar-refractivity contribution in [2.75, 3.05) is 19.6 Å². The van der Waals surface area contributed by atoms with Crippen LogP contribution >= 0.6 is 0 Å². The Bertz CT molecular complexity index is 665. The van der Waals surface area contributed by atoms with Crippen LogP contribution in [0.4, 0.5) is 0 Å². The molecule has 2 heterocycles. The predicted octanol–water partition coefficient (Wildman–Crippen LogP) is 2.71. The van der Waals surface area contributed by atoms with Crippen LogP contribution in [-0.4, -0.2) is 41.2 Å². The van der Waals surface area contributed by atoms with Crippen molar-refractivity contribution in [3.63, 3.8) is 0 Å². The molecule has 24 heavy (non-hydrogen) atoms. The van der Waals surface area contributed by atoms with Crippen LogP contribution < -0.4 is 0 Å². The molecule has 3 aliphatic rings. The molecule has 1 aliphatic carbocycles. The molecule has 0 aromatic heterocycles. The van der Waals surface area contributed by atoms with Gasteiger partial charge in [-0.05, 0) is 37.3 Å². The molecule has 0 unspecified atom stereocenters. The first-order valence-electron chi connectivity index (χ1n) is 9.27. The monoisotopic (exact) mass is 326 g/mol. The highest BCUT2D eigenvalue weighted by Gasteiger charge is 2.47. The van der Waals surface area contributed by atoms with Crippen LogP contribution in [0.3, 0.4) is 0 Å². The molecule has 1 aromatic carbocycles. The summed E-state index contributed by atoms with van der Waals surface area (Å²) in [6.07, 6.45) is 6.41. The number of benzene rings is 1. The fourth-order valence-corrected chi connectivity index (χ4v) is 4.90. The number of rotatable bonds is 1. The molecule has 0 spiro atoms. The number of piperazine rings is 1. The molecular weight excluding hydrogens is 300 g/mol. The first kappa shape index (κ1) is 15.7. The molecule has 2 amide bonds. The summed E-state index contributed by atoms with van der Waals surface area (Å²) in [4.78, 5) is 29.6. The van der Waals surface area contributed by atoms with Gasteiger partial charge in [0, 0.05) is 19.0 Å². The van der Waals surface area contributed by atoms with E-state index in [2.05, 4.69) is 25.1 Å². The van der Waals surface area contributed by atoms with E-state index < -0.39 is 0 Å². The molecule has 4 heteroatoms. The van der Waals surface area contributed by atoms with Crippen molar-refractivity contribution in [2.45, 2.75) is 51.0 Å². The Morgan fingerprint density at radius 3 is 2.71 bits per heavy atom. The van der Waals surface area contributed by atoms with Crippen molar-refractivity contribution in [1.29, 1.82) is 0 Å². The third kappa shape index (κ3) is 2.43. The Labute approximate surface area is 143 Å². The van der Waals surface area contributed by atoms with Gasteiger partial charge in [0.15, 0.2) is 0 Å². The first-order chi connectivity index (χ1) is 11.6. The van der Waals surface area contributed by atoms with Gasteiger partial charge in [0.1, 0.15) is 0 Å². The molecule has 1 saturated heterocycles. The van der Waals surface area contributed by atoms with Crippen LogP contribution in [0.2, 0.25) is 0 Å². The van der Waals surface area contributed by atoms with Crippen LogP contribution in [0.5, 0.6) is 0 Å². The fraction of sp³-hybridized carbons (Fsp3) is 0.600. The molecular formula is C20H26N2O2. The molecule has 0 N–H and O–H groups in total. The van der Waals surface area contributed by atoms with Gasteiger partial charge in [0.25, 0.3) is 0 Å². The van der Waals surface area contributed by atoms with E-state index in [4.69, 9.17) is 0 Å². The lowest BCUT2D eigenvalue weighted by Crippen LogP contribution is -2.65. The Morgan fingerprint density at radius 1 is 1.17 bits per heavy atom. The fourth-order valence-electron chi connectivity index (χ4n) is 4.90. The molecule has 1 saturated carbocycles. The molecule has 4 rings (SSSR count). The summed E-state index contributed by atoms with van der Waals surface area (Å²) in [7, 11) is 0. The van der Waals surface area contributed by atoms with Crippen molar-refractivity contribution in [2.24, 2.45) is 5.92 Å². The van der Waals surface area contributed by atoms with Gasteiger partial charge in [0.05, 0.1) is 12.1 Å². The largest absolute Gasteiger partial charge is 0.330 e. The number of hydrogen-bond donors (Lipinski definition) is 0. The quantitative estimate of drug-likeness (QED) is 0.796. The molecule has 0 bridgehead atoms. The van der Waals surface area contributed by atoms with E-state index in [1.807, 2.05) is 15.9 Å². The van der Waals surface area contributed by atoms with Crippen molar-refractivity contribution < 1.29 is 9.59 Å². The lowest BCUT2D eigenvalue weighted by Gasteiger charge is -2.52. The Balaban J connectivity index is 1.63. The lowest BCUT2D eigenvalue weighted by atomic mass is 9.79. The summed E-state index contributed by atoms with van der Waals surface area (Å²) in [6.45, 7) is 3.78. The van der Waals surface area contributed by atoms with E-state index in [0.29, 0.717) is 6.54 Å². The minimum Gasteiger partial charge on any atom is -0.330 e. The average molecular weight is 326 g/mol. The molecule has 2 aliphatic heterocycles. The van der Waals surface area contributed by atoms with Gasteiger partial charge in [-0.25, -0.2) is 0 Å². The third-order valence-corrected chi connectivity index (χ3v) is 6.19. The van der Waals surface area contributed by atoms with Gasteiger partial charge in [-0.15, -0.1) is 0 Å². The number of amides is 2. The maximum absolute atomic E-state index is 13.0. The zero-order valence-corrected chi connectivity index (χ0v) is 14.5.